The van der Waals surface area contributed by atoms with Gasteiger partial charge in [0.2, 0.25) is 21.7 Å². The Bertz CT molecular complexity index is 1050. The fourth-order valence-electron chi connectivity index (χ4n) is 2.27. The van der Waals surface area contributed by atoms with Gasteiger partial charge in [-0.15, -0.1) is 0 Å². The van der Waals surface area contributed by atoms with Gasteiger partial charge in [0.25, 0.3) is 0 Å². The monoisotopic (exact) mass is 427 g/mol. The smallest absolute Gasteiger partial charge is 0.242 e. The number of benzene rings is 2. The highest BCUT2D eigenvalue weighted by Gasteiger charge is 2.16. The predicted octanol–water partition coefficient (Wildman–Crippen LogP) is 3.67. The van der Waals surface area contributed by atoms with Crippen molar-refractivity contribution in [2.24, 2.45) is 0 Å². The van der Waals surface area contributed by atoms with Gasteiger partial charge >= 0.3 is 0 Å². The van der Waals surface area contributed by atoms with Crippen LogP contribution >= 0.6 is 23.2 Å². The summed E-state index contributed by atoms with van der Waals surface area (Å²) in [5, 5.41) is 4.58. The van der Waals surface area contributed by atoms with Crippen molar-refractivity contribution in [3.63, 3.8) is 0 Å². The van der Waals surface area contributed by atoms with Gasteiger partial charge in [-0.25, -0.2) is 13.1 Å². The predicted molar refractivity (Wildman–Crippen MR) is 102 cm³/mol. The molecule has 2 aromatic carbocycles. The maximum Gasteiger partial charge on any atom is 0.242 e. The van der Waals surface area contributed by atoms with E-state index in [0.29, 0.717) is 27.7 Å². The molecule has 3 aromatic rings. The second-order valence-electron chi connectivity index (χ2n) is 5.56. The molecule has 1 heterocycles. The van der Waals surface area contributed by atoms with Gasteiger partial charge in [0.15, 0.2) is 0 Å². The summed E-state index contributed by atoms with van der Waals surface area (Å²) in [6.07, 6.45) is 0. The molecule has 0 unspecified atom stereocenters. The van der Waals surface area contributed by atoms with Gasteiger partial charge in [-0.1, -0.05) is 46.6 Å². The maximum atomic E-state index is 12.3. The second-order valence-corrected chi connectivity index (χ2v) is 8.21. The summed E-state index contributed by atoms with van der Waals surface area (Å²) in [5.41, 5.74) is 1.14. The van der Waals surface area contributed by atoms with E-state index in [-0.39, 0.29) is 23.2 Å². The minimum absolute atomic E-state index is 0.134. The third kappa shape index (κ3) is 5.20. The zero-order valence-corrected chi connectivity index (χ0v) is 16.5. The molecule has 0 fully saturated rings. The highest BCUT2D eigenvalue weighted by atomic mass is 35.5. The molecule has 0 bridgehead atoms. The molecular weight excluding hydrogens is 413 g/mol. The largest absolute Gasteiger partial charge is 0.497 e. The van der Waals surface area contributed by atoms with Crippen molar-refractivity contribution >= 4 is 33.2 Å². The summed E-state index contributed by atoms with van der Waals surface area (Å²) in [4.78, 5) is 4.19. The Kier molecular flexibility index (Phi) is 6.01. The van der Waals surface area contributed by atoms with E-state index < -0.39 is 10.0 Å². The number of hydrogen-bond donors (Lipinski definition) is 1. The fourth-order valence-corrected chi connectivity index (χ4v) is 3.93. The van der Waals surface area contributed by atoms with E-state index in [0.717, 1.165) is 0 Å². The van der Waals surface area contributed by atoms with Crippen LogP contribution in [-0.2, 0) is 22.3 Å². The van der Waals surface area contributed by atoms with Crippen molar-refractivity contribution in [1.82, 2.24) is 14.9 Å². The molecule has 0 aliphatic carbocycles. The third-order valence-electron chi connectivity index (χ3n) is 3.60. The second kappa shape index (κ2) is 8.26. The molecule has 0 aliphatic rings. The van der Waals surface area contributed by atoms with E-state index in [9.17, 15) is 8.42 Å². The summed E-state index contributed by atoms with van der Waals surface area (Å²) < 4.78 is 37.2. The first kappa shape index (κ1) is 19.6. The molecule has 0 spiro atoms. The van der Waals surface area contributed by atoms with E-state index in [1.54, 1.807) is 43.5 Å². The van der Waals surface area contributed by atoms with Gasteiger partial charge in [-0.2, -0.15) is 4.98 Å². The van der Waals surface area contributed by atoms with E-state index in [1.165, 1.54) is 6.07 Å². The standard InChI is InChI=1S/C17H15Cl2N3O4S/c1-25-14-4-2-3-11(7-14)17-21-16(26-22-17)9-20-27(23,24)10-12-5-6-13(18)8-15(12)19/h2-8,20H,9-10H2,1H3. The van der Waals surface area contributed by atoms with Gasteiger partial charge in [0, 0.05) is 15.6 Å². The van der Waals surface area contributed by atoms with Gasteiger partial charge in [0.05, 0.1) is 19.4 Å². The van der Waals surface area contributed by atoms with Crippen LogP contribution in [0.1, 0.15) is 11.5 Å². The molecule has 0 atom stereocenters. The fraction of sp³-hybridized carbons (Fsp3) is 0.176. The van der Waals surface area contributed by atoms with E-state index in [1.807, 2.05) is 0 Å². The number of aromatic nitrogens is 2. The number of methoxy groups -OCH3 is 1. The Hall–Kier alpha value is -2.13. The average molecular weight is 428 g/mol. The lowest BCUT2D eigenvalue weighted by Crippen LogP contribution is -2.25. The Balaban J connectivity index is 1.66. The van der Waals surface area contributed by atoms with Crippen molar-refractivity contribution in [2.75, 3.05) is 7.11 Å². The number of ether oxygens (including phenoxy) is 1. The minimum Gasteiger partial charge on any atom is -0.497 e. The summed E-state index contributed by atoms with van der Waals surface area (Å²) in [6.45, 7) is -0.134. The molecule has 0 radical (unpaired) electrons. The molecule has 0 aliphatic heterocycles. The lowest BCUT2D eigenvalue weighted by molar-refractivity contribution is 0.376. The van der Waals surface area contributed by atoms with E-state index >= 15 is 0 Å². The SMILES string of the molecule is COc1cccc(-c2noc(CNS(=O)(=O)Cc3ccc(Cl)cc3Cl)n2)c1. The Morgan fingerprint density at radius 3 is 2.74 bits per heavy atom. The van der Waals surface area contributed by atoms with Crippen molar-refractivity contribution < 1.29 is 17.7 Å². The lowest BCUT2D eigenvalue weighted by atomic mass is 10.2. The first-order chi connectivity index (χ1) is 12.9. The molecule has 10 heteroatoms. The maximum absolute atomic E-state index is 12.3. The van der Waals surface area contributed by atoms with Gasteiger partial charge in [-0.3, -0.25) is 0 Å². The van der Waals surface area contributed by atoms with Crippen LogP contribution in [0.4, 0.5) is 0 Å². The van der Waals surface area contributed by atoms with Crippen LogP contribution in [0.25, 0.3) is 11.4 Å². The van der Waals surface area contributed by atoms with Crippen molar-refractivity contribution in [1.29, 1.82) is 0 Å². The molecule has 27 heavy (non-hydrogen) atoms. The highest BCUT2D eigenvalue weighted by molar-refractivity contribution is 7.88. The van der Waals surface area contributed by atoms with Crippen LogP contribution in [0.5, 0.6) is 5.75 Å². The molecular formula is C17H15Cl2N3O4S. The number of rotatable bonds is 7. The van der Waals surface area contributed by atoms with Crippen LogP contribution in [0.15, 0.2) is 47.0 Å². The molecule has 7 nitrogen and oxygen atoms in total. The summed E-state index contributed by atoms with van der Waals surface area (Å²) in [7, 11) is -2.10. The quantitative estimate of drug-likeness (QED) is 0.617. The summed E-state index contributed by atoms with van der Waals surface area (Å²) >= 11 is 11.8. The third-order valence-corrected chi connectivity index (χ3v) is 5.46. The topological polar surface area (TPSA) is 94.3 Å². The summed E-state index contributed by atoms with van der Waals surface area (Å²) in [5.74, 6) is 0.835. The molecule has 0 amide bonds. The lowest BCUT2D eigenvalue weighted by Gasteiger charge is -2.06. The van der Waals surface area contributed by atoms with Crippen LogP contribution < -0.4 is 9.46 Å². The zero-order chi connectivity index (χ0) is 19.4. The number of halogens is 2. The zero-order valence-electron chi connectivity index (χ0n) is 14.1. The number of nitrogens with one attached hydrogen (secondary N) is 1. The Morgan fingerprint density at radius 2 is 2.00 bits per heavy atom. The molecule has 0 saturated carbocycles. The van der Waals surface area contributed by atoms with Crippen molar-refractivity contribution in [3.05, 3.63) is 64.0 Å². The van der Waals surface area contributed by atoms with Crippen LogP contribution in [0.2, 0.25) is 10.0 Å². The van der Waals surface area contributed by atoms with E-state index in [2.05, 4.69) is 14.9 Å². The van der Waals surface area contributed by atoms with Crippen molar-refractivity contribution in [2.45, 2.75) is 12.3 Å². The van der Waals surface area contributed by atoms with Crippen LogP contribution in [0.3, 0.4) is 0 Å². The molecule has 1 aromatic heterocycles. The van der Waals surface area contributed by atoms with Gasteiger partial charge in [-0.05, 0) is 29.8 Å². The number of nitrogens with zero attached hydrogens (tertiary/aromatic N) is 2. The number of sulfonamides is 1. The number of hydrogen-bond acceptors (Lipinski definition) is 6. The molecule has 0 saturated heterocycles. The van der Waals surface area contributed by atoms with Crippen LogP contribution in [0, 0.1) is 0 Å². The Labute approximate surface area is 166 Å². The first-order valence-electron chi connectivity index (χ1n) is 7.74. The normalized spacial score (nSPS) is 11.5. The van der Waals surface area contributed by atoms with Gasteiger partial charge in [0.1, 0.15) is 5.75 Å². The molecule has 142 valence electrons. The highest BCUT2D eigenvalue weighted by Crippen LogP contribution is 2.23. The Morgan fingerprint density at radius 1 is 1.19 bits per heavy atom. The van der Waals surface area contributed by atoms with E-state index in [4.69, 9.17) is 32.5 Å². The first-order valence-corrected chi connectivity index (χ1v) is 10.2. The van der Waals surface area contributed by atoms with Crippen molar-refractivity contribution in [3.8, 4) is 17.1 Å². The minimum atomic E-state index is -3.66. The average Bonchev–Trinajstić information content (AvgIpc) is 3.12. The van der Waals surface area contributed by atoms with Gasteiger partial charge < -0.3 is 9.26 Å². The molecule has 3 rings (SSSR count). The van der Waals surface area contributed by atoms with Crippen LogP contribution in [-0.4, -0.2) is 25.7 Å². The summed E-state index contributed by atoms with van der Waals surface area (Å²) in [6, 6.07) is 11.8. The molecule has 1 N–H and O–H groups in total.